The van der Waals surface area contributed by atoms with Gasteiger partial charge in [-0.25, -0.2) is 0 Å². The maximum atomic E-state index is 13.1. The number of ether oxygens (including phenoxy) is 1. The minimum atomic E-state index is -0.279. The van der Waals surface area contributed by atoms with Crippen LogP contribution in [0, 0.1) is 13.8 Å². The molecule has 0 radical (unpaired) electrons. The van der Waals surface area contributed by atoms with Crippen LogP contribution >= 0.6 is 0 Å². The summed E-state index contributed by atoms with van der Waals surface area (Å²) in [5.41, 5.74) is 4.38. The summed E-state index contributed by atoms with van der Waals surface area (Å²) in [6.45, 7) is 9.03. The second-order valence-corrected chi connectivity index (χ2v) is 7.33. The Kier molecular flexibility index (Phi) is 6.37. The van der Waals surface area contributed by atoms with Crippen LogP contribution in [0.4, 0.5) is 5.69 Å². The molecule has 1 N–H and O–H groups in total. The molecule has 1 heterocycles. The van der Waals surface area contributed by atoms with E-state index in [4.69, 9.17) is 4.74 Å². The molecule has 5 heteroatoms. The molecular weight excluding hydrogens is 364 g/mol. The van der Waals surface area contributed by atoms with Crippen molar-refractivity contribution in [1.82, 2.24) is 4.90 Å². The first-order valence-corrected chi connectivity index (χ1v) is 10.1. The summed E-state index contributed by atoms with van der Waals surface area (Å²) < 4.78 is 5.64. The summed E-state index contributed by atoms with van der Waals surface area (Å²) in [5.74, 6) is 0.216. The van der Waals surface area contributed by atoms with Crippen molar-refractivity contribution in [3.63, 3.8) is 0 Å². The van der Waals surface area contributed by atoms with Gasteiger partial charge >= 0.3 is 0 Å². The van der Waals surface area contributed by atoms with Crippen molar-refractivity contribution in [2.24, 2.45) is 0 Å². The number of aryl methyl sites for hydroxylation is 2. The van der Waals surface area contributed by atoms with Crippen LogP contribution in [0.1, 0.15) is 43.4 Å². The normalized spacial score (nSPS) is 14.0. The van der Waals surface area contributed by atoms with E-state index in [2.05, 4.69) is 12.2 Å². The highest BCUT2D eigenvalue weighted by Crippen LogP contribution is 2.32. The summed E-state index contributed by atoms with van der Waals surface area (Å²) >= 11 is 0. The molecule has 0 aliphatic carbocycles. The molecule has 0 atom stereocenters. The lowest BCUT2D eigenvalue weighted by atomic mass is 10.0. The number of carbonyl (C=O) groups excluding carboxylic acids is 2. The topological polar surface area (TPSA) is 58.6 Å². The van der Waals surface area contributed by atoms with Crippen LogP contribution in [0.15, 0.2) is 48.2 Å². The molecule has 3 rings (SSSR count). The number of hydrogen-bond acceptors (Lipinski definition) is 4. The van der Waals surface area contributed by atoms with Crippen molar-refractivity contribution in [1.29, 1.82) is 0 Å². The van der Waals surface area contributed by atoms with Crippen molar-refractivity contribution >= 4 is 23.1 Å². The average Bonchev–Trinajstić information content (AvgIpc) is 2.94. The van der Waals surface area contributed by atoms with Crippen molar-refractivity contribution in [2.75, 3.05) is 18.5 Å². The second-order valence-electron chi connectivity index (χ2n) is 7.33. The van der Waals surface area contributed by atoms with Gasteiger partial charge in [0.25, 0.3) is 11.8 Å². The number of rotatable bonds is 8. The first kappa shape index (κ1) is 20.6. The number of carbonyl (C=O) groups is 2. The predicted molar refractivity (Wildman–Crippen MR) is 116 cm³/mol. The number of amides is 2. The van der Waals surface area contributed by atoms with Crippen LogP contribution in [0.5, 0.6) is 5.75 Å². The largest absolute Gasteiger partial charge is 0.494 e. The van der Waals surface area contributed by atoms with Crippen LogP contribution < -0.4 is 10.1 Å². The standard InChI is InChI=1S/C24H28N2O3/c1-5-13-26-23(27)21(18-9-11-19(12-10-18)29-14-6-2)22(24(26)28)25-20-15-16(3)7-8-17(20)4/h7-12,15,25H,5-6,13-14H2,1-4H3. The van der Waals surface area contributed by atoms with Crippen molar-refractivity contribution in [3.05, 3.63) is 64.9 Å². The van der Waals surface area contributed by atoms with Crippen molar-refractivity contribution in [3.8, 4) is 5.75 Å². The van der Waals surface area contributed by atoms with Gasteiger partial charge < -0.3 is 10.1 Å². The molecule has 152 valence electrons. The minimum absolute atomic E-state index is 0.258. The summed E-state index contributed by atoms with van der Waals surface area (Å²) in [6.07, 6.45) is 1.64. The molecule has 1 aliphatic heterocycles. The van der Waals surface area contributed by atoms with Crippen LogP contribution in [-0.4, -0.2) is 29.9 Å². The third-order valence-electron chi connectivity index (χ3n) is 4.88. The Morgan fingerprint density at radius 3 is 2.31 bits per heavy atom. The number of imide groups is 1. The fourth-order valence-corrected chi connectivity index (χ4v) is 3.33. The number of anilines is 1. The highest BCUT2D eigenvalue weighted by atomic mass is 16.5. The Hall–Kier alpha value is -3.08. The summed E-state index contributed by atoms with van der Waals surface area (Å²) in [5, 5.41) is 3.25. The lowest BCUT2D eigenvalue weighted by Crippen LogP contribution is -2.33. The Morgan fingerprint density at radius 1 is 0.931 bits per heavy atom. The molecule has 0 saturated carbocycles. The fourth-order valence-electron chi connectivity index (χ4n) is 3.33. The van der Waals surface area contributed by atoms with Crippen LogP contribution in [-0.2, 0) is 9.59 Å². The van der Waals surface area contributed by atoms with E-state index in [0.717, 1.165) is 29.0 Å². The van der Waals surface area contributed by atoms with Gasteiger partial charge in [-0.05, 0) is 61.6 Å². The van der Waals surface area contributed by atoms with Gasteiger partial charge in [0, 0.05) is 12.2 Å². The van der Waals surface area contributed by atoms with Gasteiger partial charge in [-0.15, -0.1) is 0 Å². The molecular formula is C24H28N2O3. The molecule has 29 heavy (non-hydrogen) atoms. The van der Waals surface area contributed by atoms with Gasteiger partial charge in [-0.1, -0.05) is 38.1 Å². The summed E-state index contributed by atoms with van der Waals surface area (Å²) in [7, 11) is 0. The lowest BCUT2D eigenvalue weighted by Gasteiger charge is -2.14. The highest BCUT2D eigenvalue weighted by Gasteiger charge is 2.38. The second kappa shape index (κ2) is 8.95. The Labute approximate surface area is 172 Å². The predicted octanol–water partition coefficient (Wildman–Crippen LogP) is 4.69. The number of nitrogens with one attached hydrogen (secondary N) is 1. The Bertz CT molecular complexity index is 945. The van der Waals surface area contributed by atoms with Gasteiger partial charge in [0.05, 0.1) is 12.2 Å². The third kappa shape index (κ3) is 4.34. The van der Waals surface area contributed by atoms with Crippen molar-refractivity contribution < 1.29 is 14.3 Å². The molecule has 0 fully saturated rings. The average molecular weight is 392 g/mol. The van der Waals surface area contributed by atoms with Gasteiger partial charge in [0.1, 0.15) is 11.4 Å². The van der Waals surface area contributed by atoms with E-state index in [1.165, 1.54) is 4.90 Å². The molecule has 2 amide bonds. The lowest BCUT2D eigenvalue weighted by molar-refractivity contribution is -0.136. The van der Waals surface area contributed by atoms with Gasteiger partial charge in [-0.2, -0.15) is 0 Å². The number of nitrogens with zero attached hydrogens (tertiary/aromatic N) is 1. The van der Waals surface area contributed by atoms with Crippen LogP contribution in [0.2, 0.25) is 0 Å². The molecule has 2 aromatic carbocycles. The van der Waals surface area contributed by atoms with Gasteiger partial charge in [0.15, 0.2) is 0 Å². The summed E-state index contributed by atoms with van der Waals surface area (Å²) in [6, 6.07) is 13.4. The van der Waals surface area contributed by atoms with E-state index in [-0.39, 0.29) is 11.8 Å². The maximum Gasteiger partial charge on any atom is 0.278 e. The summed E-state index contributed by atoms with van der Waals surface area (Å²) in [4.78, 5) is 27.5. The molecule has 0 unspecified atom stereocenters. The van der Waals surface area contributed by atoms with E-state index in [1.807, 2.05) is 63.2 Å². The van der Waals surface area contributed by atoms with E-state index in [9.17, 15) is 9.59 Å². The highest BCUT2D eigenvalue weighted by molar-refractivity contribution is 6.36. The zero-order valence-electron chi connectivity index (χ0n) is 17.5. The third-order valence-corrected chi connectivity index (χ3v) is 4.88. The molecule has 5 nitrogen and oxygen atoms in total. The maximum absolute atomic E-state index is 13.1. The number of hydrogen-bond donors (Lipinski definition) is 1. The minimum Gasteiger partial charge on any atom is -0.494 e. The van der Waals surface area contributed by atoms with E-state index < -0.39 is 0 Å². The van der Waals surface area contributed by atoms with E-state index in [0.29, 0.717) is 36.4 Å². The monoisotopic (exact) mass is 392 g/mol. The first-order valence-electron chi connectivity index (χ1n) is 10.1. The zero-order valence-corrected chi connectivity index (χ0v) is 17.5. The molecule has 1 aliphatic rings. The molecule has 0 aromatic heterocycles. The van der Waals surface area contributed by atoms with E-state index >= 15 is 0 Å². The fraction of sp³-hybridized carbons (Fsp3) is 0.333. The van der Waals surface area contributed by atoms with Gasteiger partial charge in [0.2, 0.25) is 0 Å². The van der Waals surface area contributed by atoms with Crippen LogP contribution in [0.3, 0.4) is 0 Å². The van der Waals surface area contributed by atoms with Crippen LogP contribution in [0.25, 0.3) is 5.57 Å². The Morgan fingerprint density at radius 2 is 1.66 bits per heavy atom. The first-order chi connectivity index (χ1) is 14.0. The quantitative estimate of drug-likeness (QED) is 0.662. The smallest absolute Gasteiger partial charge is 0.278 e. The zero-order chi connectivity index (χ0) is 21.0. The van der Waals surface area contributed by atoms with Crippen molar-refractivity contribution in [2.45, 2.75) is 40.5 Å². The SMILES string of the molecule is CCCOc1ccc(C2=C(Nc3cc(C)ccc3C)C(=O)N(CCC)C2=O)cc1. The molecule has 0 spiro atoms. The van der Waals surface area contributed by atoms with Gasteiger partial charge in [-0.3, -0.25) is 14.5 Å². The molecule has 0 saturated heterocycles. The Balaban J connectivity index is 2.02. The molecule has 2 aromatic rings. The number of benzene rings is 2. The molecule has 0 bridgehead atoms. The van der Waals surface area contributed by atoms with E-state index in [1.54, 1.807) is 0 Å².